The van der Waals surface area contributed by atoms with Crippen molar-refractivity contribution in [3.05, 3.63) is 64.4 Å². The van der Waals surface area contributed by atoms with Crippen LogP contribution in [0.2, 0.25) is 5.02 Å². The first-order valence-corrected chi connectivity index (χ1v) is 11.1. The van der Waals surface area contributed by atoms with Gasteiger partial charge in [0.25, 0.3) is 0 Å². The minimum absolute atomic E-state index is 0.0106. The molecule has 1 aliphatic carbocycles. The first kappa shape index (κ1) is 26.7. The van der Waals surface area contributed by atoms with Gasteiger partial charge in [0.05, 0.1) is 5.56 Å². The summed E-state index contributed by atoms with van der Waals surface area (Å²) in [6, 6.07) is 6.75. The maximum absolute atomic E-state index is 13.0. The molecule has 0 aliphatic heterocycles. The van der Waals surface area contributed by atoms with Crippen LogP contribution in [0.4, 0.5) is 29.3 Å². The molecule has 0 radical (unpaired) electrons. The van der Waals surface area contributed by atoms with Crippen LogP contribution in [0, 0.1) is 12.8 Å². The van der Waals surface area contributed by atoms with Gasteiger partial charge in [0, 0.05) is 35.4 Å². The molecule has 0 saturated heterocycles. The average molecular weight is 522 g/mol. The number of amides is 3. The van der Waals surface area contributed by atoms with E-state index in [1.165, 1.54) is 19.2 Å². The number of ether oxygens (including phenoxy) is 1. The molecule has 3 rings (SSSR count). The second-order valence-electron chi connectivity index (χ2n) is 7.90. The summed E-state index contributed by atoms with van der Waals surface area (Å²) in [7, 11) is 1.50. The number of alkyl halides is 3. The van der Waals surface area contributed by atoms with Gasteiger partial charge in [0.2, 0.25) is 11.8 Å². The first-order valence-electron chi connectivity index (χ1n) is 10.7. The largest absolute Gasteiger partial charge is 0.439 e. The van der Waals surface area contributed by atoms with E-state index >= 15 is 0 Å². The predicted octanol–water partition coefficient (Wildman–Crippen LogP) is 5.79. The highest BCUT2D eigenvalue weighted by Crippen LogP contribution is 2.33. The zero-order valence-corrected chi connectivity index (χ0v) is 20.1. The van der Waals surface area contributed by atoms with Gasteiger partial charge in [-0.3, -0.25) is 9.79 Å². The van der Waals surface area contributed by atoms with Crippen molar-refractivity contribution in [2.24, 2.45) is 15.9 Å². The number of hydrogen-bond acceptors (Lipinski definition) is 5. The quantitative estimate of drug-likeness (QED) is 0.317. The van der Waals surface area contributed by atoms with Crippen molar-refractivity contribution in [1.82, 2.24) is 5.32 Å². The molecule has 1 aliphatic rings. The molecule has 1 saturated carbocycles. The van der Waals surface area contributed by atoms with Crippen LogP contribution in [0.5, 0.6) is 5.75 Å². The van der Waals surface area contributed by atoms with Gasteiger partial charge in [-0.05, 0) is 68.4 Å². The Morgan fingerprint density at radius 2 is 1.89 bits per heavy atom. The fourth-order valence-electron chi connectivity index (χ4n) is 3.02. The van der Waals surface area contributed by atoms with E-state index in [-0.39, 0.29) is 34.3 Å². The van der Waals surface area contributed by atoms with Crippen LogP contribution in [0.3, 0.4) is 0 Å². The summed E-state index contributed by atoms with van der Waals surface area (Å²) in [5.74, 6) is 0.600. The zero-order valence-electron chi connectivity index (χ0n) is 19.4. The highest BCUT2D eigenvalue weighted by Gasteiger charge is 2.31. The predicted molar refractivity (Wildman–Crippen MR) is 133 cm³/mol. The van der Waals surface area contributed by atoms with Crippen molar-refractivity contribution in [1.29, 1.82) is 0 Å². The number of carbonyl (C=O) groups excluding carboxylic acids is 2. The van der Waals surface area contributed by atoms with Gasteiger partial charge >= 0.3 is 12.2 Å². The molecule has 190 valence electrons. The van der Waals surface area contributed by atoms with E-state index < -0.39 is 17.8 Å². The number of aliphatic imine (C=N–C) groups is 2. The number of benzene rings is 2. The molecule has 0 atom stereocenters. The summed E-state index contributed by atoms with van der Waals surface area (Å²) in [4.78, 5) is 32.1. The third-order valence-electron chi connectivity index (χ3n) is 5.00. The monoisotopic (exact) mass is 521 g/mol. The lowest BCUT2D eigenvalue weighted by molar-refractivity contribution is -0.137. The molecular weight excluding hydrogens is 499 g/mol. The second kappa shape index (κ2) is 11.3. The standard InChI is InChI=1S/C24H23ClF3N5O3/c1-13-8-18(36-21(30-3)12-20(29-2)33-22(34)14-4-5-14)6-7-19(13)32-23(35)31-17-10-15(24(26,27)28)9-16(25)11-17/h6-12,14H,2,4-5H2,1,3H3,(H,33,34)(H2,31,32,35)/b20-12+,30-21+. The Labute approximate surface area is 210 Å². The lowest BCUT2D eigenvalue weighted by Gasteiger charge is -2.14. The van der Waals surface area contributed by atoms with Crippen LogP contribution in [0.25, 0.3) is 0 Å². The third-order valence-corrected chi connectivity index (χ3v) is 5.22. The van der Waals surface area contributed by atoms with Crippen LogP contribution in [0.1, 0.15) is 24.0 Å². The number of carbonyl (C=O) groups is 2. The third kappa shape index (κ3) is 7.57. The maximum atomic E-state index is 13.0. The zero-order chi connectivity index (χ0) is 26.5. The van der Waals surface area contributed by atoms with Gasteiger partial charge in [-0.25, -0.2) is 9.79 Å². The van der Waals surface area contributed by atoms with Crippen molar-refractivity contribution in [2.45, 2.75) is 25.9 Å². The number of halogens is 4. The van der Waals surface area contributed by atoms with E-state index in [2.05, 4.69) is 32.7 Å². The Morgan fingerprint density at radius 1 is 1.17 bits per heavy atom. The highest BCUT2D eigenvalue weighted by molar-refractivity contribution is 6.31. The summed E-state index contributed by atoms with van der Waals surface area (Å²) >= 11 is 5.75. The number of aryl methyl sites for hydroxylation is 1. The van der Waals surface area contributed by atoms with Crippen LogP contribution < -0.4 is 20.7 Å². The molecule has 0 unspecified atom stereocenters. The van der Waals surface area contributed by atoms with Gasteiger partial charge in [0.15, 0.2) is 0 Å². The Balaban J connectivity index is 1.65. The summed E-state index contributed by atoms with van der Waals surface area (Å²) in [6.07, 6.45) is -1.49. The minimum atomic E-state index is -4.61. The summed E-state index contributed by atoms with van der Waals surface area (Å²) in [5.41, 5.74) is -0.0878. The Hall–Kier alpha value is -3.86. The van der Waals surface area contributed by atoms with E-state index in [4.69, 9.17) is 16.3 Å². The van der Waals surface area contributed by atoms with Gasteiger partial charge in [-0.2, -0.15) is 13.2 Å². The molecule has 12 heteroatoms. The van der Waals surface area contributed by atoms with Crippen LogP contribution >= 0.6 is 11.6 Å². The molecular formula is C24H23ClF3N5O3. The SMILES string of the molecule is C=N/C(=C\C(=N/C)Oc1ccc(NC(=O)Nc2cc(Cl)cc(C(F)(F)F)c2)c(C)c1)NC(=O)C1CC1. The van der Waals surface area contributed by atoms with Crippen molar-refractivity contribution >= 4 is 47.5 Å². The maximum Gasteiger partial charge on any atom is 0.416 e. The molecule has 8 nitrogen and oxygen atoms in total. The number of rotatable bonds is 7. The fourth-order valence-corrected chi connectivity index (χ4v) is 3.26. The Kier molecular flexibility index (Phi) is 8.36. The number of anilines is 2. The summed E-state index contributed by atoms with van der Waals surface area (Å²) in [6.45, 7) is 5.14. The second-order valence-corrected chi connectivity index (χ2v) is 8.33. The first-order chi connectivity index (χ1) is 17.0. The van der Waals surface area contributed by atoms with Gasteiger partial charge < -0.3 is 20.7 Å². The van der Waals surface area contributed by atoms with Crippen molar-refractivity contribution in [3.63, 3.8) is 0 Å². The lowest BCUT2D eigenvalue weighted by Crippen LogP contribution is -2.24. The van der Waals surface area contributed by atoms with Crippen molar-refractivity contribution in [3.8, 4) is 5.75 Å². The van der Waals surface area contributed by atoms with Gasteiger partial charge in [-0.15, -0.1) is 0 Å². The van der Waals surface area contributed by atoms with Crippen LogP contribution in [-0.2, 0) is 11.0 Å². The molecule has 0 bridgehead atoms. The number of nitrogens with one attached hydrogen (secondary N) is 3. The number of hydrogen-bond donors (Lipinski definition) is 3. The molecule has 1 fully saturated rings. The minimum Gasteiger partial charge on any atom is -0.439 e. The van der Waals surface area contributed by atoms with E-state index in [1.54, 1.807) is 25.1 Å². The van der Waals surface area contributed by atoms with Gasteiger partial charge in [-0.1, -0.05) is 11.6 Å². The highest BCUT2D eigenvalue weighted by atomic mass is 35.5. The molecule has 3 N–H and O–H groups in total. The van der Waals surface area contributed by atoms with E-state index in [1.807, 2.05) is 0 Å². The van der Waals surface area contributed by atoms with Crippen molar-refractivity contribution in [2.75, 3.05) is 17.7 Å². The van der Waals surface area contributed by atoms with Crippen LogP contribution in [-0.4, -0.2) is 31.6 Å². The van der Waals surface area contributed by atoms with E-state index in [9.17, 15) is 22.8 Å². The van der Waals surface area contributed by atoms with E-state index in [0.29, 0.717) is 17.0 Å². The molecule has 2 aromatic rings. The fraction of sp³-hybridized carbons (Fsp3) is 0.250. The number of nitrogens with zero attached hydrogens (tertiary/aromatic N) is 2. The smallest absolute Gasteiger partial charge is 0.416 e. The Bertz CT molecular complexity index is 1240. The van der Waals surface area contributed by atoms with Crippen molar-refractivity contribution < 1.29 is 27.5 Å². The number of urea groups is 1. The Morgan fingerprint density at radius 3 is 2.47 bits per heavy atom. The molecule has 36 heavy (non-hydrogen) atoms. The molecule has 2 aromatic carbocycles. The van der Waals surface area contributed by atoms with Crippen LogP contribution in [0.15, 0.2) is 58.3 Å². The normalized spacial score (nSPS) is 14.2. The van der Waals surface area contributed by atoms with E-state index in [0.717, 1.165) is 25.0 Å². The molecule has 3 amide bonds. The summed E-state index contributed by atoms with van der Waals surface area (Å²) < 4.78 is 44.7. The molecule has 0 spiro atoms. The molecule has 0 heterocycles. The molecule has 0 aromatic heterocycles. The topological polar surface area (TPSA) is 104 Å². The van der Waals surface area contributed by atoms with Gasteiger partial charge in [0.1, 0.15) is 11.6 Å². The average Bonchev–Trinajstić information content (AvgIpc) is 3.64. The summed E-state index contributed by atoms with van der Waals surface area (Å²) in [5, 5.41) is 7.41. The lowest BCUT2D eigenvalue weighted by atomic mass is 10.2.